The Bertz CT molecular complexity index is 1510. The maximum Gasteiger partial charge on any atom is 0.255 e. The maximum absolute atomic E-state index is 14.1. The highest BCUT2D eigenvalue weighted by Gasteiger charge is 2.60. The van der Waals surface area contributed by atoms with Crippen LogP contribution in [0.4, 0.5) is 5.69 Å². The molecule has 1 amide bonds. The first-order valence-corrected chi connectivity index (χ1v) is 16.2. The summed E-state index contributed by atoms with van der Waals surface area (Å²) in [6.45, 7) is 13.8. The number of hydrogen-bond donors (Lipinski definition) is 5. The summed E-state index contributed by atoms with van der Waals surface area (Å²) in [5.41, 5.74) is 4.54. The van der Waals surface area contributed by atoms with Crippen LogP contribution in [0.5, 0.6) is 5.75 Å². The molecule has 3 unspecified atom stereocenters. The largest absolute Gasteiger partial charge is 0.511 e. The van der Waals surface area contributed by atoms with E-state index in [-0.39, 0.29) is 36.1 Å². The summed E-state index contributed by atoms with van der Waals surface area (Å²) < 4.78 is 0. The van der Waals surface area contributed by atoms with Crippen molar-refractivity contribution in [3.63, 3.8) is 0 Å². The molecule has 0 spiro atoms. The van der Waals surface area contributed by atoms with Crippen LogP contribution in [0.3, 0.4) is 0 Å². The molecule has 0 aliphatic heterocycles. The average Bonchev–Trinajstić information content (AvgIpc) is 2.95. The fourth-order valence-electron chi connectivity index (χ4n) is 8.83. The van der Waals surface area contributed by atoms with E-state index in [0.717, 1.165) is 30.8 Å². The number of nitrogens with two attached hydrogens (primary N) is 1. The maximum atomic E-state index is 14.1. The fourth-order valence-corrected chi connectivity index (χ4v) is 8.83. The predicted molar refractivity (Wildman–Crippen MR) is 171 cm³/mol. The SMILES string of the molecule is CC[C@H](CN(CC)Cc1cc(O)c2c(c1N(C)C)CC1C[C@H]3CC(O)=C(C(N)=O)C(=O)[C@@]3(O)C(O)=C1C2=O)C1CC(C)C1(C)C. The molecule has 0 saturated heterocycles. The third-order valence-electron chi connectivity index (χ3n) is 11.8. The van der Waals surface area contributed by atoms with Gasteiger partial charge in [0.1, 0.15) is 22.8 Å². The minimum atomic E-state index is -2.57. The Balaban J connectivity index is 1.52. The topological polar surface area (TPSA) is 165 Å². The summed E-state index contributed by atoms with van der Waals surface area (Å²) >= 11 is 0. The molecule has 0 bridgehead atoms. The first-order valence-electron chi connectivity index (χ1n) is 16.2. The lowest BCUT2D eigenvalue weighted by molar-refractivity contribution is -0.144. The molecule has 0 heterocycles. The second-order valence-corrected chi connectivity index (χ2v) is 14.6. The van der Waals surface area contributed by atoms with Crippen molar-refractivity contribution in [1.29, 1.82) is 0 Å². The van der Waals surface area contributed by atoms with E-state index in [1.54, 1.807) is 6.07 Å². The summed E-state index contributed by atoms with van der Waals surface area (Å²) in [5, 5.41) is 44.7. The number of nitrogens with zero attached hydrogens (tertiary/aromatic N) is 2. The van der Waals surface area contributed by atoms with E-state index in [1.165, 1.54) is 6.42 Å². The molecule has 6 N–H and O–H groups in total. The van der Waals surface area contributed by atoms with Crippen LogP contribution in [0.25, 0.3) is 0 Å². The van der Waals surface area contributed by atoms with Crippen molar-refractivity contribution in [2.45, 2.75) is 78.9 Å². The van der Waals surface area contributed by atoms with Gasteiger partial charge in [-0.2, -0.15) is 0 Å². The molecule has 1 saturated carbocycles. The van der Waals surface area contributed by atoms with E-state index in [1.807, 2.05) is 19.0 Å². The molecule has 1 fully saturated rings. The summed E-state index contributed by atoms with van der Waals surface area (Å²) in [7, 11) is 3.81. The number of ketones is 2. The highest BCUT2D eigenvalue weighted by Crippen LogP contribution is 2.56. The number of carbonyl (C=O) groups excluding carboxylic acids is 3. The van der Waals surface area contributed by atoms with Crippen LogP contribution in [0.1, 0.15) is 81.8 Å². The van der Waals surface area contributed by atoms with Gasteiger partial charge in [0.05, 0.1) is 5.56 Å². The highest BCUT2D eigenvalue weighted by molar-refractivity contribution is 6.24. The molecule has 10 nitrogen and oxygen atoms in total. The highest BCUT2D eigenvalue weighted by atomic mass is 16.3. The molecule has 0 radical (unpaired) electrons. The quantitative estimate of drug-likeness (QED) is 0.254. The van der Waals surface area contributed by atoms with Gasteiger partial charge in [0.25, 0.3) is 5.91 Å². The van der Waals surface area contributed by atoms with E-state index in [4.69, 9.17) is 5.73 Å². The van der Waals surface area contributed by atoms with Gasteiger partial charge in [-0.25, -0.2) is 0 Å². The Hall–Kier alpha value is -3.37. The summed E-state index contributed by atoms with van der Waals surface area (Å²) in [5.74, 6) is -4.32. The van der Waals surface area contributed by atoms with E-state index in [0.29, 0.717) is 35.3 Å². The normalized spacial score (nSPS) is 29.6. The Morgan fingerprint density at radius 2 is 1.78 bits per heavy atom. The number of aliphatic hydroxyl groups excluding tert-OH is 2. The Kier molecular flexibility index (Phi) is 8.40. The molecular formula is C35H49N3O7. The van der Waals surface area contributed by atoms with Gasteiger partial charge in [0, 0.05) is 50.8 Å². The van der Waals surface area contributed by atoms with E-state index >= 15 is 0 Å². The number of Topliss-reactive ketones (excluding diaryl/α,β-unsaturated/α-hetero) is 2. The molecule has 10 heteroatoms. The smallest absolute Gasteiger partial charge is 0.255 e. The lowest BCUT2D eigenvalue weighted by Crippen LogP contribution is -2.57. The summed E-state index contributed by atoms with van der Waals surface area (Å²) in [6.07, 6.45) is 2.46. The zero-order valence-electron chi connectivity index (χ0n) is 27.6. The number of aromatic hydroxyl groups is 1. The third-order valence-corrected chi connectivity index (χ3v) is 11.8. The average molecular weight is 624 g/mol. The summed E-state index contributed by atoms with van der Waals surface area (Å²) in [6, 6.07) is 1.63. The number of fused-ring (bicyclic) bond motifs is 3. The molecule has 1 aromatic rings. The number of aliphatic hydroxyl groups is 3. The van der Waals surface area contributed by atoms with Crippen LogP contribution in [-0.2, 0) is 22.6 Å². The van der Waals surface area contributed by atoms with Gasteiger partial charge < -0.3 is 31.1 Å². The number of allylic oxidation sites excluding steroid dienone is 2. The molecule has 0 aromatic heterocycles. The molecule has 246 valence electrons. The number of primary amides is 1. The van der Waals surface area contributed by atoms with Crippen molar-refractivity contribution >= 4 is 23.2 Å². The molecule has 6 atom stereocenters. The second-order valence-electron chi connectivity index (χ2n) is 14.6. The first kappa shape index (κ1) is 33.0. The second kappa shape index (κ2) is 11.5. The van der Waals surface area contributed by atoms with Crippen molar-refractivity contribution in [1.82, 2.24) is 4.90 Å². The monoisotopic (exact) mass is 623 g/mol. The Morgan fingerprint density at radius 3 is 2.31 bits per heavy atom. The van der Waals surface area contributed by atoms with Crippen molar-refractivity contribution in [2.24, 2.45) is 40.7 Å². The fraction of sp³-hybridized carbons (Fsp3) is 0.629. The molecule has 5 rings (SSSR count). The number of amides is 1. The van der Waals surface area contributed by atoms with Gasteiger partial charge in [-0.05, 0) is 72.1 Å². The van der Waals surface area contributed by atoms with Crippen LogP contribution >= 0.6 is 0 Å². The number of carbonyl (C=O) groups is 3. The zero-order valence-corrected chi connectivity index (χ0v) is 27.6. The van der Waals surface area contributed by atoms with Crippen molar-refractivity contribution < 1.29 is 34.8 Å². The van der Waals surface area contributed by atoms with Crippen molar-refractivity contribution in [2.75, 3.05) is 32.1 Å². The Labute approximate surface area is 265 Å². The Morgan fingerprint density at radius 1 is 1.11 bits per heavy atom. The molecule has 4 aliphatic carbocycles. The van der Waals surface area contributed by atoms with Crippen LogP contribution in [0, 0.1) is 35.0 Å². The van der Waals surface area contributed by atoms with Gasteiger partial charge >= 0.3 is 0 Å². The number of rotatable bonds is 9. The number of hydrogen-bond acceptors (Lipinski definition) is 9. The zero-order chi connectivity index (χ0) is 33.3. The van der Waals surface area contributed by atoms with Gasteiger partial charge in [-0.1, -0.05) is 41.0 Å². The summed E-state index contributed by atoms with van der Waals surface area (Å²) in [4.78, 5) is 43.6. The predicted octanol–water partition coefficient (Wildman–Crippen LogP) is 4.18. The van der Waals surface area contributed by atoms with Crippen LogP contribution in [0.15, 0.2) is 28.7 Å². The number of phenolic OH excluding ortho intramolecular Hbond substituents is 1. The number of phenols is 1. The van der Waals surface area contributed by atoms with Gasteiger partial charge in [-0.3, -0.25) is 19.3 Å². The van der Waals surface area contributed by atoms with E-state index in [9.17, 15) is 34.8 Å². The van der Waals surface area contributed by atoms with E-state index in [2.05, 4.69) is 39.5 Å². The van der Waals surface area contributed by atoms with E-state index < -0.39 is 52.0 Å². The number of benzene rings is 1. The van der Waals surface area contributed by atoms with Crippen molar-refractivity contribution in [3.05, 3.63) is 45.4 Å². The van der Waals surface area contributed by atoms with Crippen LogP contribution in [-0.4, -0.2) is 75.6 Å². The lowest BCUT2D eigenvalue weighted by Gasteiger charge is -2.55. The minimum Gasteiger partial charge on any atom is -0.511 e. The van der Waals surface area contributed by atoms with Gasteiger partial charge in [0.15, 0.2) is 11.4 Å². The minimum absolute atomic E-state index is 0.0405. The van der Waals surface area contributed by atoms with Crippen molar-refractivity contribution in [3.8, 4) is 5.75 Å². The lowest BCUT2D eigenvalue weighted by atomic mass is 9.51. The molecule has 45 heavy (non-hydrogen) atoms. The number of anilines is 1. The standard InChI is InChI=1S/C35H49N3O7/c1-8-18(23-10-17(3)34(23,4)5)15-38(9-2)16-20-13-24(39)27-22(29(20)37(6)7)12-19-11-21-14-25(40)28(33(36)44)32(43)35(21,45)31(42)26(19)30(27)41/h13,17-19,21,23,39-40,42,45H,8-12,14-16H2,1-7H3,(H2,36,44)/t17?,18-,19?,21+,23?,35+/m1/s1. The molecule has 1 aromatic carbocycles. The van der Waals surface area contributed by atoms with Gasteiger partial charge in [-0.15, -0.1) is 0 Å². The molecular weight excluding hydrogens is 574 g/mol. The first-order chi connectivity index (χ1) is 21.0. The van der Waals surface area contributed by atoms with Crippen LogP contribution < -0.4 is 10.6 Å². The third kappa shape index (κ3) is 4.95. The van der Waals surface area contributed by atoms with Crippen LogP contribution in [0.2, 0.25) is 0 Å². The molecule has 4 aliphatic rings. The van der Waals surface area contributed by atoms with Gasteiger partial charge in [0.2, 0.25) is 5.78 Å².